The summed E-state index contributed by atoms with van der Waals surface area (Å²) in [4.78, 5) is 3.71. The van der Waals surface area contributed by atoms with Crippen molar-refractivity contribution in [1.29, 1.82) is 0 Å². The lowest BCUT2D eigenvalue weighted by molar-refractivity contribution is 0.252. The van der Waals surface area contributed by atoms with E-state index in [1.807, 2.05) is 31.2 Å². The average molecular weight is 405 g/mol. The first-order chi connectivity index (χ1) is 13.4. The van der Waals surface area contributed by atoms with Crippen molar-refractivity contribution in [3.63, 3.8) is 0 Å². The Morgan fingerprint density at radius 1 is 1.04 bits per heavy atom. The van der Waals surface area contributed by atoms with E-state index in [0.717, 1.165) is 41.6 Å². The Morgan fingerprint density at radius 3 is 2.36 bits per heavy atom. The minimum absolute atomic E-state index is 0.243. The molecule has 0 radical (unpaired) electrons. The maximum Gasteiger partial charge on any atom is 0.248 e. The van der Waals surface area contributed by atoms with Crippen LogP contribution in [0.1, 0.15) is 18.7 Å². The Balaban J connectivity index is 1.50. The van der Waals surface area contributed by atoms with Crippen molar-refractivity contribution < 1.29 is 17.2 Å². The van der Waals surface area contributed by atoms with Gasteiger partial charge in [0.2, 0.25) is 10.0 Å². The summed E-state index contributed by atoms with van der Waals surface area (Å²) < 4.78 is 56.7. The molecule has 1 aliphatic heterocycles. The van der Waals surface area contributed by atoms with E-state index >= 15 is 0 Å². The molecule has 28 heavy (non-hydrogen) atoms. The fourth-order valence-corrected chi connectivity index (χ4v) is 5.45. The lowest BCUT2D eigenvalue weighted by atomic mass is 9.98. The molecular weight excluding hydrogens is 384 g/mol. The third-order valence-electron chi connectivity index (χ3n) is 5.38. The van der Waals surface area contributed by atoms with Crippen LogP contribution in [0, 0.1) is 24.5 Å². The Morgan fingerprint density at radius 2 is 1.68 bits per heavy atom. The average Bonchev–Trinajstić information content (AvgIpc) is 2.97. The van der Waals surface area contributed by atoms with Crippen LogP contribution >= 0.6 is 0 Å². The number of fused-ring (bicyclic) bond motifs is 1. The smallest absolute Gasteiger partial charge is 0.248 e. The van der Waals surface area contributed by atoms with E-state index in [1.165, 1.54) is 4.31 Å². The third kappa shape index (κ3) is 3.31. The SMILES string of the molecule is Cc1nc2ccccc2n1CC1CCN(S(=O)(=O)c2c(F)cccc2F)CC1. The first kappa shape index (κ1) is 19.0. The molecule has 0 unspecified atom stereocenters. The Kier molecular flexibility index (Phi) is 4.93. The van der Waals surface area contributed by atoms with E-state index in [9.17, 15) is 17.2 Å². The number of aromatic nitrogens is 2. The normalized spacial score (nSPS) is 16.7. The molecule has 2 aromatic carbocycles. The lowest BCUT2D eigenvalue weighted by Crippen LogP contribution is -2.40. The molecule has 3 aromatic rings. The predicted octanol–water partition coefficient (Wildman–Crippen LogP) is 3.72. The summed E-state index contributed by atoms with van der Waals surface area (Å²) in [5, 5.41) is 0. The van der Waals surface area contributed by atoms with Gasteiger partial charge in [-0.1, -0.05) is 18.2 Å². The maximum atomic E-state index is 14.0. The zero-order valence-electron chi connectivity index (χ0n) is 15.5. The van der Waals surface area contributed by atoms with Crippen molar-refractivity contribution in [2.75, 3.05) is 13.1 Å². The van der Waals surface area contributed by atoms with Crippen LogP contribution in [0.15, 0.2) is 47.4 Å². The van der Waals surface area contributed by atoms with E-state index in [0.29, 0.717) is 12.8 Å². The van der Waals surface area contributed by atoms with Gasteiger partial charge in [-0.15, -0.1) is 0 Å². The van der Waals surface area contributed by atoms with Gasteiger partial charge in [-0.3, -0.25) is 0 Å². The lowest BCUT2D eigenvalue weighted by Gasteiger charge is -2.31. The van der Waals surface area contributed by atoms with Crippen LogP contribution in [0.3, 0.4) is 0 Å². The molecule has 1 aromatic heterocycles. The van der Waals surface area contributed by atoms with Gasteiger partial charge in [-0.25, -0.2) is 22.2 Å². The van der Waals surface area contributed by atoms with Crippen LogP contribution in [0.5, 0.6) is 0 Å². The zero-order valence-corrected chi connectivity index (χ0v) is 16.3. The molecule has 0 aliphatic carbocycles. The fraction of sp³-hybridized carbons (Fsp3) is 0.350. The number of imidazole rings is 1. The zero-order chi connectivity index (χ0) is 19.9. The number of benzene rings is 2. The summed E-state index contributed by atoms with van der Waals surface area (Å²) >= 11 is 0. The van der Waals surface area contributed by atoms with Gasteiger partial charge in [-0.05, 0) is 49.9 Å². The summed E-state index contributed by atoms with van der Waals surface area (Å²) in [6, 6.07) is 11.0. The predicted molar refractivity (Wildman–Crippen MR) is 102 cm³/mol. The third-order valence-corrected chi connectivity index (χ3v) is 7.33. The molecule has 1 aliphatic rings. The minimum atomic E-state index is -4.19. The van der Waals surface area contributed by atoms with Crippen LogP contribution in [-0.2, 0) is 16.6 Å². The molecule has 148 valence electrons. The van der Waals surface area contributed by atoms with Crippen molar-refractivity contribution in [2.45, 2.75) is 31.2 Å². The van der Waals surface area contributed by atoms with Crippen molar-refractivity contribution in [3.8, 4) is 0 Å². The summed E-state index contributed by atoms with van der Waals surface area (Å²) in [5.41, 5.74) is 2.00. The summed E-state index contributed by atoms with van der Waals surface area (Å²) in [6.45, 7) is 3.19. The molecule has 1 fully saturated rings. The highest BCUT2D eigenvalue weighted by Gasteiger charge is 2.33. The highest BCUT2D eigenvalue weighted by molar-refractivity contribution is 7.89. The van der Waals surface area contributed by atoms with Gasteiger partial charge >= 0.3 is 0 Å². The first-order valence-corrected chi connectivity index (χ1v) is 10.7. The van der Waals surface area contributed by atoms with E-state index in [-0.39, 0.29) is 19.0 Å². The van der Waals surface area contributed by atoms with Gasteiger partial charge in [0.25, 0.3) is 0 Å². The van der Waals surface area contributed by atoms with Crippen LogP contribution in [-0.4, -0.2) is 35.4 Å². The summed E-state index contributed by atoms with van der Waals surface area (Å²) in [5.74, 6) is -0.914. The van der Waals surface area contributed by atoms with Gasteiger partial charge in [0.05, 0.1) is 11.0 Å². The van der Waals surface area contributed by atoms with Crippen LogP contribution in [0.2, 0.25) is 0 Å². The van der Waals surface area contributed by atoms with E-state index < -0.39 is 26.6 Å². The second-order valence-corrected chi connectivity index (χ2v) is 9.03. The standard InChI is InChI=1S/C20H21F2N3O2S/c1-14-23-18-7-2-3-8-19(18)25(14)13-15-9-11-24(12-10-15)28(26,27)20-16(21)5-4-6-17(20)22/h2-8,15H,9-13H2,1H3. The molecule has 0 N–H and O–H groups in total. The first-order valence-electron chi connectivity index (χ1n) is 9.24. The Labute approximate surface area is 162 Å². The van der Waals surface area contributed by atoms with Gasteiger partial charge in [0.15, 0.2) is 4.90 Å². The van der Waals surface area contributed by atoms with Gasteiger partial charge in [0.1, 0.15) is 17.5 Å². The van der Waals surface area contributed by atoms with Crippen molar-refractivity contribution >= 4 is 21.1 Å². The topological polar surface area (TPSA) is 55.2 Å². The number of hydrogen-bond acceptors (Lipinski definition) is 3. The highest BCUT2D eigenvalue weighted by Crippen LogP contribution is 2.28. The molecule has 2 heterocycles. The molecular formula is C20H21F2N3O2S. The molecule has 4 rings (SSSR count). The second-order valence-electron chi connectivity index (χ2n) is 7.16. The number of sulfonamides is 1. The number of rotatable bonds is 4. The second kappa shape index (κ2) is 7.25. The summed E-state index contributed by atoms with van der Waals surface area (Å²) in [6.07, 6.45) is 1.25. The molecule has 8 heteroatoms. The largest absolute Gasteiger partial charge is 0.328 e. The molecule has 0 spiro atoms. The molecule has 0 saturated carbocycles. The van der Waals surface area contributed by atoms with E-state index in [4.69, 9.17) is 0 Å². The van der Waals surface area contributed by atoms with Crippen LogP contribution in [0.25, 0.3) is 11.0 Å². The summed E-state index contributed by atoms with van der Waals surface area (Å²) in [7, 11) is -4.19. The quantitative estimate of drug-likeness (QED) is 0.665. The molecule has 1 saturated heterocycles. The maximum absolute atomic E-state index is 14.0. The number of aryl methyl sites for hydroxylation is 1. The van der Waals surface area contributed by atoms with Crippen LogP contribution in [0.4, 0.5) is 8.78 Å². The number of piperidine rings is 1. The molecule has 0 atom stereocenters. The molecule has 0 bridgehead atoms. The Hall–Kier alpha value is -2.32. The number of hydrogen-bond donors (Lipinski definition) is 0. The monoisotopic (exact) mass is 405 g/mol. The molecule has 0 amide bonds. The fourth-order valence-electron chi connectivity index (χ4n) is 3.87. The van der Waals surface area contributed by atoms with E-state index in [2.05, 4.69) is 9.55 Å². The van der Waals surface area contributed by atoms with Crippen molar-refractivity contribution in [3.05, 3.63) is 59.9 Å². The Bertz CT molecular complexity index is 1100. The minimum Gasteiger partial charge on any atom is -0.328 e. The molecule has 5 nitrogen and oxygen atoms in total. The van der Waals surface area contributed by atoms with Crippen molar-refractivity contribution in [2.24, 2.45) is 5.92 Å². The van der Waals surface area contributed by atoms with Gasteiger partial charge < -0.3 is 4.57 Å². The van der Waals surface area contributed by atoms with Crippen LogP contribution < -0.4 is 0 Å². The highest BCUT2D eigenvalue weighted by atomic mass is 32.2. The van der Waals surface area contributed by atoms with Gasteiger partial charge in [-0.2, -0.15) is 4.31 Å². The van der Waals surface area contributed by atoms with Crippen molar-refractivity contribution in [1.82, 2.24) is 13.9 Å². The number of para-hydroxylation sites is 2. The number of nitrogens with zero attached hydrogens (tertiary/aromatic N) is 3. The van der Waals surface area contributed by atoms with Gasteiger partial charge in [0, 0.05) is 19.6 Å². The number of halogens is 2. The van der Waals surface area contributed by atoms with E-state index in [1.54, 1.807) is 0 Å².